The molecular formula is C22H41N5O2. The molecule has 0 fully saturated rings. The highest BCUT2D eigenvalue weighted by atomic mass is 16.2. The van der Waals surface area contributed by atoms with Gasteiger partial charge in [-0.1, -0.05) is 34.1 Å². The molecule has 0 saturated carbocycles. The summed E-state index contributed by atoms with van der Waals surface area (Å²) in [6, 6.07) is 1.70. The molecule has 0 aliphatic carbocycles. The Morgan fingerprint density at radius 2 is 1.66 bits per heavy atom. The molecule has 166 valence electrons. The lowest BCUT2D eigenvalue weighted by atomic mass is 9.92. The van der Waals surface area contributed by atoms with Crippen LogP contribution in [0.4, 0.5) is 10.6 Å². The van der Waals surface area contributed by atoms with Gasteiger partial charge in [0.1, 0.15) is 12.4 Å². The van der Waals surface area contributed by atoms with Crippen LogP contribution in [0.2, 0.25) is 0 Å². The monoisotopic (exact) mass is 407 g/mol. The molecule has 0 atom stereocenters. The Morgan fingerprint density at radius 1 is 1.07 bits per heavy atom. The normalized spacial score (nSPS) is 12.6. The number of unbranched alkanes of at least 4 members (excludes halogenated alkanes) is 1. The number of aromatic nitrogens is 2. The largest absolute Gasteiger partial charge is 0.333 e. The van der Waals surface area contributed by atoms with Crippen LogP contribution in [0, 0.1) is 0 Å². The number of nitrogens with zero attached hydrogens (tertiary/aromatic N) is 3. The summed E-state index contributed by atoms with van der Waals surface area (Å²) in [4.78, 5) is 27.0. The van der Waals surface area contributed by atoms with Crippen LogP contribution in [0.15, 0.2) is 6.07 Å². The molecule has 0 aromatic carbocycles. The number of amides is 3. The maximum Gasteiger partial charge on any atom is 0.318 e. The van der Waals surface area contributed by atoms with Gasteiger partial charge in [-0.3, -0.25) is 4.79 Å². The Hall–Kier alpha value is -2.05. The van der Waals surface area contributed by atoms with Crippen molar-refractivity contribution >= 4 is 17.8 Å². The third-order valence-corrected chi connectivity index (χ3v) is 4.27. The summed E-state index contributed by atoms with van der Waals surface area (Å²) in [7, 11) is 0. The standard InChI is InChI=1S/C22H41N5O2/c1-11-12-13-26(19(29)24-21(5,6)7)15-18(28)23-17-14-16(20(2,3)4)25-27(17)22(8,9)10/h14H,11-13,15H2,1-10H3,(H,23,28)(H,24,29). The van der Waals surface area contributed by atoms with Crippen molar-refractivity contribution in [3.63, 3.8) is 0 Å². The second-order valence-electron chi connectivity index (χ2n) is 10.8. The molecule has 1 heterocycles. The molecule has 1 aromatic rings. The smallest absolute Gasteiger partial charge is 0.318 e. The van der Waals surface area contributed by atoms with Crippen LogP contribution in [0.25, 0.3) is 0 Å². The molecule has 0 aliphatic heterocycles. The van der Waals surface area contributed by atoms with E-state index < -0.39 is 0 Å². The minimum absolute atomic E-state index is 0.00207. The summed E-state index contributed by atoms with van der Waals surface area (Å²) in [6.45, 7) is 20.8. The van der Waals surface area contributed by atoms with E-state index in [2.05, 4.69) is 38.3 Å². The van der Waals surface area contributed by atoms with Crippen LogP contribution in [0.1, 0.15) is 87.8 Å². The van der Waals surface area contributed by atoms with E-state index in [0.29, 0.717) is 12.4 Å². The van der Waals surface area contributed by atoms with Gasteiger partial charge in [0, 0.05) is 23.6 Å². The summed E-state index contributed by atoms with van der Waals surface area (Å²) in [5, 5.41) is 10.6. The van der Waals surface area contributed by atoms with Crippen molar-refractivity contribution in [1.82, 2.24) is 20.0 Å². The zero-order valence-corrected chi connectivity index (χ0v) is 20.1. The first-order chi connectivity index (χ1) is 13.0. The topological polar surface area (TPSA) is 79.3 Å². The molecule has 0 unspecified atom stereocenters. The number of anilines is 1. The number of carbonyl (C=O) groups is 2. The van der Waals surface area contributed by atoms with Crippen LogP contribution in [-0.2, 0) is 15.7 Å². The molecule has 0 spiro atoms. The van der Waals surface area contributed by atoms with Crippen molar-refractivity contribution in [3.8, 4) is 0 Å². The molecule has 1 aromatic heterocycles. The first-order valence-electron chi connectivity index (χ1n) is 10.5. The van der Waals surface area contributed by atoms with Crippen molar-refractivity contribution in [3.05, 3.63) is 11.8 Å². The molecular weight excluding hydrogens is 366 g/mol. The van der Waals surface area contributed by atoms with Gasteiger partial charge in [-0.05, 0) is 48.0 Å². The molecule has 29 heavy (non-hydrogen) atoms. The second-order valence-corrected chi connectivity index (χ2v) is 10.8. The fourth-order valence-corrected chi connectivity index (χ4v) is 2.70. The molecule has 0 radical (unpaired) electrons. The van der Waals surface area contributed by atoms with Crippen LogP contribution in [0.3, 0.4) is 0 Å². The van der Waals surface area contributed by atoms with E-state index in [9.17, 15) is 9.59 Å². The van der Waals surface area contributed by atoms with Gasteiger partial charge < -0.3 is 15.5 Å². The first kappa shape index (κ1) is 25.0. The molecule has 3 amide bonds. The Labute approximate surface area is 176 Å². The number of urea groups is 1. The van der Waals surface area contributed by atoms with Gasteiger partial charge in [0.15, 0.2) is 0 Å². The van der Waals surface area contributed by atoms with E-state index in [4.69, 9.17) is 5.10 Å². The highest BCUT2D eigenvalue weighted by molar-refractivity contribution is 5.93. The minimum Gasteiger partial charge on any atom is -0.333 e. The lowest BCUT2D eigenvalue weighted by Crippen LogP contribution is -2.50. The van der Waals surface area contributed by atoms with E-state index in [1.807, 2.05) is 52.3 Å². The second kappa shape index (κ2) is 9.18. The van der Waals surface area contributed by atoms with Crippen molar-refractivity contribution in [2.24, 2.45) is 0 Å². The predicted octanol–water partition coefficient (Wildman–Crippen LogP) is 4.48. The van der Waals surface area contributed by atoms with E-state index in [1.54, 1.807) is 4.90 Å². The number of carbonyl (C=O) groups excluding carboxylic acids is 2. The van der Waals surface area contributed by atoms with E-state index >= 15 is 0 Å². The first-order valence-corrected chi connectivity index (χ1v) is 10.5. The number of hydrogen-bond donors (Lipinski definition) is 2. The van der Waals surface area contributed by atoms with E-state index in [1.165, 1.54) is 0 Å². The Balaban J connectivity index is 3.03. The van der Waals surface area contributed by atoms with E-state index in [-0.39, 0.29) is 35.0 Å². The van der Waals surface area contributed by atoms with Gasteiger partial charge >= 0.3 is 6.03 Å². The molecule has 0 aliphatic rings. The SMILES string of the molecule is CCCCN(CC(=O)Nc1cc(C(C)(C)C)nn1C(C)(C)C)C(=O)NC(C)(C)C. The van der Waals surface area contributed by atoms with Crippen LogP contribution in [0.5, 0.6) is 0 Å². The Bertz CT molecular complexity index is 702. The average Bonchev–Trinajstić information content (AvgIpc) is 2.93. The highest BCUT2D eigenvalue weighted by Gasteiger charge is 2.27. The van der Waals surface area contributed by atoms with Gasteiger partial charge in [-0.2, -0.15) is 5.10 Å². The maximum atomic E-state index is 12.8. The lowest BCUT2D eigenvalue weighted by Gasteiger charge is -2.28. The van der Waals surface area contributed by atoms with E-state index in [0.717, 1.165) is 18.5 Å². The third kappa shape index (κ3) is 8.07. The Morgan fingerprint density at radius 3 is 2.10 bits per heavy atom. The van der Waals surface area contributed by atoms with Crippen LogP contribution in [-0.4, -0.2) is 45.2 Å². The van der Waals surface area contributed by atoms with Crippen LogP contribution < -0.4 is 10.6 Å². The molecule has 2 N–H and O–H groups in total. The van der Waals surface area contributed by atoms with Crippen molar-refractivity contribution in [1.29, 1.82) is 0 Å². The zero-order chi connectivity index (χ0) is 22.6. The lowest BCUT2D eigenvalue weighted by molar-refractivity contribution is -0.116. The fraction of sp³-hybridized carbons (Fsp3) is 0.773. The highest BCUT2D eigenvalue weighted by Crippen LogP contribution is 2.28. The van der Waals surface area contributed by atoms with Crippen molar-refractivity contribution in [2.45, 2.75) is 98.6 Å². The number of hydrogen-bond acceptors (Lipinski definition) is 3. The third-order valence-electron chi connectivity index (χ3n) is 4.27. The zero-order valence-electron chi connectivity index (χ0n) is 20.1. The van der Waals surface area contributed by atoms with Crippen LogP contribution >= 0.6 is 0 Å². The average molecular weight is 408 g/mol. The summed E-state index contributed by atoms with van der Waals surface area (Å²) in [5.41, 5.74) is 0.147. The van der Waals surface area contributed by atoms with Gasteiger partial charge in [0.25, 0.3) is 0 Å². The van der Waals surface area contributed by atoms with Gasteiger partial charge in [0.2, 0.25) is 5.91 Å². The van der Waals surface area contributed by atoms with Crippen molar-refractivity contribution in [2.75, 3.05) is 18.4 Å². The van der Waals surface area contributed by atoms with Gasteiger partial charge in [-0.15, -0.1) is 0 Å². The Kier molecular flexibility index (Phi) is 7.91. The quantitative estimate of drug-likeness (QED) is 0.729. The minimum atomic E-state index is -0.357. The fourth-order valence-electron chi connectivity index (χ4n) is 2.70. The maximum absolute atomic E-state index is 12.8. The molecule has 1 rings (SSSR count). The summed E-state index contributed by atoms with van der Waals surface area (Å²) in [5.74, 6) is 0.426. The van der Waals surface area contributed by atoms with Gasteiger partial charge in [-0.25, -0.2) is 9.48 Å². The molecule has 0 saturated heterocycles. The predicted molar refractivity (Wildman–Crippen MR) is 119 cm³/mol. The number of rotatable bonds is 6. The van der Waals surface area contributed by atoms with Gasteiger partial charge in [0.05, 0.1) is 11.2 Å². The van der Waals surface area contributed by atoms with Crippen molar-refractivity contribution < 1.29 is 9.59 Å². The summed E-state index contributed by atoms with van der Waals surface area (Å²) in [6.07, 6.45) is 1.80. The molecule has 7 heteroatoms. The number of nitrogens with one attached hydrogen (secondary N) is 2. The molecule has 0 bridgehead atoms. The summed E-state index contributed by atoms with van der Waals surface area (Å²) >= 11 is 0. The summed E-state index contributed by atoms with van der Waals surface area (Å²) < 4.78 is 1.84. The molecule has 7 nitrogen and oxygen atoms in total.